The number of rotatable bonds is 2. The van der Waals surface area contributed by atoms with E-state index in [4.69, 9.17) is 4.52 Å². The smallest absolute Gasteiger partial charge is 0.130 e. The summed E-state index contributed by atoms with van der Waals surface area (Å²) < 4.78 is 5.67. The third-order valence-electron chi connectivity index (χ3n) is 5.29. The van der Waals surface area contributed by atoms with Gasteiger partial charge >= 0.3 is 0 Å². The Bertz CT molecular complexity index is 705. The summed E-state index contributed by atoms with van der Waals surface area (Å²) in [6.45, 7) is 0. The number of hydrogen-bond acceptors (Lipinski definition) is 1. The fourth-order valence-corrected chi connectivity index (χ4v) is 4.41. The summed E-state index contributed by atoms with van der Waals surface area (Å²) in [5, 5.41) is 0. The van der Waals surface area contributed by atoms with Gasteiger partial charge in [-0.05, 0) is 85.3 Å². The molecule has 2 aliphatic carbocycles. The molecule has 0 saturated carbocycles. The third-order valence-corrected chi connectivity index (χ3v) is 5.54. The van der Waals surface area contributed by atoms with Crippen molar-refractivity contribution in [2.75, 3.05) is 0 Å². The monoisotopic (exact) mass is 310 g/mol. The van der Waals surface area contributed by atoms with Crippen molar-refractivity contribution in [1.82, 2.24) is 0 Å². The highest BCUT2D eigenvalue weighted by Gasteiger charge is 2.22. The lowest BCUT2D eigenvalue weighted by Crippen LogP contribution is -2.09. The Morgan fingerprint density at radius 1 is 0.727 bits per heavy atom. The lowest BCUT2D eigenvalue weighted by atomic mass is 9.81. The Kier molecular flexibility index (Phi) is 3.92. The van der Waals surface area contributed by atoms with Crippen LogP contribution in [0.4, 0.5) is 0 Å². The second-order valence-electron chi connectivity index (χ2n) is 6.55. The van der Waals surface area contributed by atoms with Gasteiger partial charge in [-0.2, -0.15) is 0 Å². The van der Waals surface area contributed by atoms with E-state index in [-0.39, 0.29) is 0 Å². The molecule has 0 bridgehead atoms. The number of aryl methyl sites for hydroxylation is 2. The second kappa shape index (κ2) is 6.05. The molecule has 0 spiro atoms. The van der Waals surface area contributed by atoms with Gasteiger partial charge in [-0.1, -0.05) is 24.3 Å². The Morgan fingerprint density at radius 3 is 2.18 bits per heavy atom. The molecular weight excluding hydrogens is 287 g/mol. The van der Waals surface area contributed by atoms with Gasteiger partial charge in [0, 0.05) is 5.56 Å². The minimum atomic E-state index is 1.02. The molecule has 2 aromatic rings. The number of fused-ring (bicyclic) bond motifs is 2. The van der Waals surface area contributed by atoms with E-state index in [1.54, 1.807) is 11.1 Å². The zero-order valence-electron chi connectivity index (χ0n) is 13.0. The van der Waals surface area contributed by atoms with Crippen LogP contribution in [-0.4, -0.2) is 0 Å². The molecule has 0 N–H and O–H groups in total. The highest BCUT2D eigenvalue weighted by molar-refractivity contribution is 7.10. The summed E-state index contributed by atoms with van der Waals surface area (Å²) in [6.07, 6.45) is 10.1. The Hall–Kier alpha value is -1.33. The molecule has 2 aromatic carbocycles. The van der Waals surface area contributed by atoms with Gasteiger partial charge in [0.1, 0.15) is 5.75 Å². The topological polar surface area (TPSA) is 9.23 Å². The standard InChI is InChI=1S/C20H23OP/c22-21-19-13-12-15-7-2-4-10-17(15)20(19)18-11-5-8-14-6-1-3-9-16(14)18/h5,8,11-13H,1-4,6-7,9-10,22H2. The molecule has 0 saturated heterocycles. The molecular formula is C20H23OP. The summed E-state index contributed by atoms with van der Waals surface area (Å²) >= 11 is 0. The molecule has 0 aromatic heterocycles. The van der Waals surface area contributed by atoms with Crippen LogP contribution >= 0.6 is 9.47 Å². The summed E-state index contributed by atoms with van der Waals surface area (Å²) in [7, 11) is 2.44. The van der Waals surface area contributed by atoms with Gasteiger partial charge in [-0.3, -0.25) is 0 Å². The molecule has 22 heavy (non-hydrogen) atoms. The first kappa shape index (κ1) is 14.3. The maximum Gasteiger partial charge on any atom is 0.130 e. The van der Waals surface area contributed by atoms with Crippen LogP contribution in [0.2, 0.25) is 0 Å². The number of hydrogen-bond donors (Lipinski definition) is 0. The molecule has 2 heteroatoms. The highest BCUT2D eigenvalue weighted by atomic mass is 31.0. The van der Waals surface area contributed by atoms with Gasteiger partial charge in [-0.15, -0.1) is 0 Å². The molecule has 0 heterocycles. The van der Waals surface area contributed by atoms with E-state index >= 15 is 0 Å². The van der Waals surface area contributed by atoms with E-state index in [1.165, 1.54) is 73.6 Å². The van der Waals surface area contributed by atoms with E-state index in [0.29, 0.717) is 0 Å². The molecule has 0 aliphatic heterocycles. The first-order chi connectivity index (χ1) is 10.9. The van der Waals surface area contributed by atoms with Crippen LogP contribution in [0.15, 0.2) is 30.3 Å². The van der Waals surface area contributed by atoms with E-state index in [2.05, 4.69) is 39.8 Å². The SMILES string of the molecule is POc1ccc2c(c1-c1cccc3c1CCCC3)CCCC2. The Labute approximate surface area is 135 Å². The van der Waals surface area contributed by atoms with E-state index in [0.717, 1.165) is 5.75 Å². The summed E-state index contributed by atoms with van der Waals surface area (Å²) in [5.74, 6) is 1.02. The average molecular weight is 310 g/mol. The molecule has 1 atom stereocenters. The molecule has 2 aliphatic rings. The van der Waals surface area contributed by atoms with Crippen LogP contribution in [-0.2, 0) is 25.7 Å². The van der Waals surface area contributed by atoms with Crippen molar-refractivity contribution in [1.29, 1.82) is 0 Å². The molecule has 1 nitrogen and oxygen atoms in total. The minimum Gasteiger partial charge on any atom is -0.480 e. The lowest BCUT2D eigenvalue weighted by Gasteiger charge is -2.25. The zero-order valence-corrected chi connectivity index (χ0v) is 14.2. The van der Waals surface area contributed by atoms with E-state index in [1.807, 2.05) is 0 Å². The Balaban J connectivity index is 1.96. The van der Waals surface area contributed by atoms with Gasteiger partial charge < -0.3 is 4.52 Å². The molecule has 1 unspecified atom stereocenters. The van der Waals surface area contributed by atoms with Crippen LogP contribution in [0, 0.1) is 0 Å². The largest absolute Gasteiger partial charge is 0.480 e. The van der Waals surface area contributed by atoms with Crippen LogP contribution in [0.1, 0.15) is 47.9 Å². The Morgan fingerprint density at radius 2 is 1.41 bits per heavy atom. The van der Waals surface area contributed by atoms with Gasteiger partial charge in [0.15, 0.2) is 0 Å². The predicted molar refractivity (Wildman–Crippen MR) is 95.5 cm³/mol. The van der Waals surface area contributed by atoms with Crippen LogP contribution in [0.3, 0.4) is 0 Å². The van der Waals surface area contributed by atoms with E-state index in [9.17, 15) is 0 Å². The van der Waals surface area contributed by atoms with Gasteiger partial charge in [0.25, 0.3) is 0 Å². The van der Waals surface area contributed by atoms with Crippen molar-refractivity contribution in [3.05, 3.63) is 52.6 Å². The fourth-order valence-electron chi connectivity index (χ4n) is 4.22. The van der Waals surface area contributed by atoms with Crippen molar-refractivity contribution >= 4 is 9.47 Å². The van der Waals surface area contributed by atoms with Gasteiger partial charge in [-0.25, -0.2) is 0 Å². The quantitative estimate of drug-likeness (QED) is 0.686. The molecule has 4 rings (SSSR count). The normalized spacial score (nSPS) is 16.8. The molecule has 114 valence electrons. The molecule has 0 amide bonds. The van der Waals surface area contributed by atoms with Crippen molar-refractivity contribution in [3.8, 4) is 16.9 Å². The van der Waals surface area contributed by atoms with Crippen molar-refractivity contribution in [3.63, 3.8) is 0 Å². The minimum absolute atomic E-state index is 1.02. The van der Waals surface area contributed by atoms with Crippen LogP contribution in [0.25, 0.3) is 11.1 Å². The fraction of sp³-hybridized carbons (Fsp3) is 0.400. The average Bonchev–Trinajstić information content (AvgIpc) is 2.60. The van der Waals surface area contributed by atoms with Gasteiger partial charge in [0.05, 0.1) is 9.47 Å². The van der Waals surface area contributed by atoms with Crippen molar-refractivity contribution < 1.29 is 4.52 Å². The number of benzene rings is 2. The van der Waals surface area contributed by atoms with Crippen molar-refractivity contribution in [2.45, 2.75) is 51.4 Å². The summed E-state index contributed by atoms with van der Waals surface area (Å²) in [6, 6.07) is 11.3. The predicted octanol–water partition coefficient (Wildman–Crippen LogP) is 5.28. The molecule has 0 fully saturated rings. The highest BCUT2D eigenvalue weighted by Crippen LogP contribution is 2.42. The molecule has 0 radical (unpaired) electrons. The van der Waals surface area contributed by atoms with E-state index < -0.39 is 0 Å². The zero-order chi connectivity index (χ0) is 14.9. The second-order valence-corrected chi connectivity index (χ2v) is 6.79. The maximum atomic E-state index is 5.67. The van der Waals surface area contributed by atoms with Gasteiger partial charge in [0.2, 0.25) is 0 Å². The maximum absolute atomic E-state index is 5.67. The first-order valence-electron chi connectivity index (χ1n) is 8.51. The lowest BCUT2D eigenvalue weighted by molar-refractivity contribution is 0.635. The first-order valence-corrected chi connectivity index (χ1v) is 8.98. The van der Waals surface area contributed by atoms with Crippen LogP contribution in [0.5, 0.6) is 5.75 Å². The summed E-state index contributed by atoms with van der Waals surface area (Å²) in [4.78, 5) is 0. The van der Waals surface area contributed by atoms with Crippen molar-refractivity contribution in [2.24, 2.45) is 0 Å². The van der Waals surface area contributed by atoms with Crippen LogP contribution < -0.4 is 4.52 Å². The summed E-state index contributed by atoms with van der Waals surface area (Å²) in [5.41, 5.74) is 8.97. The third kappa shape index (κ3) is 2.36.